The molecule has 0 saturated carbocycles. The third kappa shape index (κ3) is 5.89. The van der Waals surface area contributed by atoms with Crippen LogP contribution in [0.3, 0.4) is 0 Å². The van der Waals surface area contributed by atoms with E-state index in [0.717, 1.165) is 5.75 Å². The van der Waals surface area contributed by atoms with Gasteiger partial charge >= 0.3 is 0 Å². The number of carbonyl (C=O) groups excluding carboxylic acids is 1. The molecule has 140 valence electrons. The molecule has 25 heavy (non-hydrogen) atoms. The molecule has 1 aromatic rings. The second-order valence-electron chi connectivity index (χ2n) is 6.36. The lowest BCUT2D eigenvalue weighted by Gasteiger charge is -2.30. The highest BCUT2D eigenvalue weighted by atomic mass is 32.2. The highest BCUT2D eigenvalue weighted by Crippen LogP contribution is 2.19. The van der Waals surface area contributed by atoms with Crippen LogP contribution >= 0.6 is 0 Å². The van der Waals surface area contributed by atoms with Crippen LogP contribution in [0.15, 0.2) is 24.3 Å². The minimum absolute atomic E-state index is 0.126. The maximum Gasteiger partial charge on any atom is 0.224 e. The number of carbonyl (C=O) groups is 1. The van der Waals surface area contributed by atoms with E-state index < -0.39 is 10.0 Å². The number of nitrogens with zero attached hydrogens (tertiary/aromatic N) is 1. The first-order valence-electron chi connectivity index (χ1n) is 8.32. The van der Waals surface area contributed by atoms with Gasteiger partial charge in [-0.3, -0.25) is 4.79 Å². The highest BCUT2D eigenvalue weighted by Gasteiger charge is 2.30. The van der Waals surface area contributed by atoms with E-state index in [-0.39, 0.29) is 24.4 Å². The van der Waals surface area contributed by atoms with E-state index in [1.54, 1.807) is 31.4 Å². The molecule has 1 fully saturated rings. The maximum atomic E-state index is 12.4. The van der Waals surface area contributed by atoms with E-state index in [9.17, 15) is 13.2 Å². The molecule has 0 spiro atoms. The largest absolute Gasteiger partial charge is 0.497 e. The van der Waals surface area contributed by atoms with Crippen molar-refractivity contribution in [3.8, 4) is 11.5 Å². The lowest BCUT2D eigenvalue weighted by Crippen LogP contribution is -2.47. The summed E-state index contributed by atoms with van der Waals surface area (Å²) in [4.78, 5) is 12.4. The minimum Gasteiger partial charge on any atom is -0.497 e. The quantitative estimate of drug-likeness (QED) is 0.781. The second-order valence-corrected chi connectivity index (χ2v) is 8.34. The predicted octanol–water partition coefficient (Wildman–Crippen LogP) is 1.25. The third-order valence-electron chi connectivity index (χ3n) is 4.17. The first-order valence-corrected chi connectivity index (χ1v) is 10.2. The van der Waals surface area contributed by atoms with Crippen LogP contribution in [0.25, 0.3) is 0 Å². The van der Waals surface area contributed by atoms with Gasteiger partial charge in [-0.25, -0.2) is 12.7 Å². The molecule has 1 heterocycles. The Bertz CT molecular complexity index is 675. The predicted molar refractivity (Wildman–Crippen MR) is 95.2 cm³/mol. The smallest absolute Gasteiger partial charge is 0.224 e. The summed E-state index contributed by atoms with van der Waals surface area (Å²) >= 11 is 0. The number of amides is 1. The number of benzene rings is 1. The Morgan fingerprint density at radius 3 is 2.56 bits per heavy atom. The zero-order valence-corrected chi connectivity index (χ0v) is 15.7. The zero-order chi connectivity index (χ0) is 18.4. The van der Waals surface area contributed by atoms with Gasteiger partial charge in [0, 0.05) is 13.1 Å². The molecular formula is C17H26N2O5S. The highest BCUT2D eigenvalue weighted by molar-refractivity contribution is 7.88. The Morgan fingerprint density at radius 1 is 1.32 bits per heavy atom. The van der Waals surface area contributed by atoms with Crippen LogP contribution in [0.4, 0.5) is 0 Å². The molecule has 8 heteroatoms. The summed E-state index contributed by atoms with van der Waals surface area (Å²) in [6, 6.07) is 7.04. The standard InChI is InChI=1S/C17H26N2O5S/c1-13(12-24-16-8-6-15(23-2)7-9-16)18-17(20)14-5-4-10-19(11-14)25(3,21)22/h6-9,13-14H,4-5,10-12H2,1-3H3,(H,18,20). The minimum atomic E-state index is -3.25. The van der Waals surface area contributed by atoms with Crippen molar-refractivity contribution in [3.05, 3.63) is 24.3 Å². The zero-order valence-electron chi connectivity index (χ0n) is 14.9. The normalized spacial score (nSPS) is 19.9. The Labute approximate surface area is 149 Å². The monoisotopic (exact) mass is 370 g/mol. The summed E-state index contributed by atoms with van der Waals surface area (Å²) in [6.07, 6.45) is 2.57. The summed E-state index contributed by atoms with van der Waals surface area (Å²) in [5, 5.41) is 2.90. The van der Waals surface area contributed by atoms with Gasteiger partial charge in [-0.2, -0.15) is 0 Å². The van der Waals surface area contributed by atoms with E-state index in [4.69, 9.17) is 9.47 Å². The summed E-state index contributed by atoms with van der Waals surface area (Å²) in [6.45, 7) is 2.93. The van der Waals surface area contributed by atoms with E-state index in [2.05, 4.69) is 5.32 Å². The molecule has 0 radical (unpaired) electrons. The topological polar surface area (TPSA) is 84.9 Å². The third-order valence-corrected chi connectivity index (χ3v) is 5.44. The number of hydrogen-bond acceptors (Lipinski definition) is 5. The molecule has 1 aromatic carbocycles. The van der Waals surface area contributed by atoms with Crippen LogP contribution in [-0.2, 0) is 14.8 Å². The van der Waals surface area contributed by atoms with Gasteiger partial charge in [0.05, 0.1) is 25.3 Å². The lowest BCUT2D eigenvalue weighted by molar-refractivity contribution is -0.126. The van der Waals surface area contributed by atoms with E-state index in [0.29, 0.717) is 31.7 Å². The molecule has 2 unspecified atom stereocenters. The molecule has 1 saturated heterocycles. The molecule has 7 nitrogen and oxygen atoms in total. The second kappa shape index (κ2) is 8.53. The number of piperidine rings is 1. The van der Waals surface area contributed by atoms with Crippen molar-refractivity contribution in [1.29, 1.82) is 0 Å². The fraction of sp³-hybridized carbons (Fsp3) is 0.588. The average Bonchev–Trinajstić information content (AvgIpc) is 2.59. The Hall–Kier alpha value is -1.80. The van der Waals surface area contributed by atoms with Crippen molar-refractivity contribution in [2.75, 3.05) is 33.1 Å². The van der Waals surface area contributed by atoms with Crippen LogP contribution in [0.5, 0.6) is 11.5 Å². The van der Waals surface area contributed by atoms with Crippen LogP contribution in [0.2, 0.25) is 0 Å². The summed E-state index contributed by atoms with van der Waals surface area (Å²) < 4.78 is 35.4. The number of ether oxygens (including phenoxy) is 2. The van der Waals surface area contributed by atoms with Crippen molar-refractivity contribution in [2.24, 2.45) is 5.92 Å². The van der Waals surface area contributed by atoms with Crippen molar-refractivity contribution >= 4 is 15.9 Å². The molecule has 1 aliphatic rings. The van der Waals surface area contributed by atoms with Gasteiger partial charge in [0.25, 0.3) is 0 Å². The summed E-state index contributed by atoms with van der Waals surface area (Å²) in [5.41, 5.74) is 0. The summed E-state index contributed by atoms with van der Waals surface area (Å²) in [7, 11) is -1.65. The van der Waals surface area contributed by atoms with Gasteiger partial charge in [0.2, 0.25) is 15.9 Å². The van der Waals surface area contributed by atoms with Crippen LogP contribution in [-0.4, -0.2) is 57.7 Å². The van der Waals surface area contributed by atoms with Gasteiger partial charge in [0.1, 0.15) is 18.1 Å². The molecule has 1 N–H and O–H groups in total. The fourth-order valence-electron chi connectivity index (χ4n) is 2.75. The van der Waals surface area contributed by atoms with Crippen LogP contribution in [0, 0.1) is 5.92 Å². The Balaban J connectivity index is 1.80. The molecule has 0 aliphatic carbocycles. The van der Waals surface area contributed by atoms with Gasteiger partial charge in [-0.15, -0.1) is 0 Å². The molecular weight excluding hydrogens is 344 g/mol. The maximum absolute atomic E-state index is 12.4. The van der Waals surface area contributed by atoms with Crippen molar-refractivity contribution in [3.63, 3.8) is 0 Å². The van der Waals surface area contributed by atoms with Crippen LogP contribution < -0.4 is 14.8 Å². The number of sulfonamides is 1. The first-order chi connectivity index (χ1) is 11.8. The number of rotatable bonds is 7. The van der Waals surface area contributed by atoms with Crippen molar-refractivity contribution in [2.45, 2.75) is 25.8 Å². The first kappa shape index (κ1) is 19.5. The van der Waals surface area contributed by atoms with Gasteiger partial charge in [-0.1, -0.05) is 0 Å². The van der Waals surface area contributed by atoms with Gasteiger partial charge in [0.15, 0.2) is 0 Å². The Morgan fingerprint density at radius 2 is 1.96 bits per heavy atom. The molecule has 1 aliphatic heterocycles. The van der Waals surface area contributed by atoms with E-state index >= 15 is 0 Å². The van der Waals surface area contributed by atoms with Crippen LogP contribution in [0.1, 0.15) is 19.8 Å². The molecule has 2 atom stereocenters. The van der Waals surface area contributed by atoms with Gasteiger partial charge in [-0.05, 0) is 44.0 Å². The lowest BCUT2D eigenvalue weighted by atomic mass is 9.98. The number of methoxy groups -OCH3 is 1. The molecule has 1 amide bonds. The SMILES string of the molecule is COc1ccc(OCC(C)NC(=O)C2CCCN(S(C)(=O)=O)C2)cc1. The van der Waals surface area contributed by atoms with E-state index in [1.165, 1.54) is 10.6 Å². The Kier molecular flexibility index (Phi) is 6.66. The van der Waals surface area contributed by atoms with Crippen molar-refractivity contribution in [1.82, 2.24) is 9.62 Å². The van der Waals surface area contributed by atoms with Gasteiger partial charge < -0.3 is 14.8 Å². The average molecular weight is 370 g/mol. The number of nitrogens with one attached hydrogen (secondary N) is 1. The molecule has 2 rings (SSSR count). The van der Waals surface area contributed by atoms with E-state index in [1.807, 2.05) is 6.92 Å². The fourth-order valence-corrected chi connectivity index (χ4v) is 3.66. The van der Waals surface area contributed by atoms with Crippen molar-refractivity contribution < 1.29 is 22.7 Å². The number of hydrogen-bond donors (Lipinski definition) is 1. The molecule has 0 bridgehead atoms. The summed E-state index contributed by atoms with van der Waals surface area (Å²) in [5.74, 6) is 1.01. The molecule has 0 aromatic heterocycles.